The number of piperazine rings is 1. The van der Waals surface area contributed by atoms with E-state index in [4.69, 9.17) is 26.4 Å². The Labute approximate surface area is 281 Å². The highest BCUT2D eigenvalue weighted by Gasteiger charge is 2.41. The van der Waals surface area contributed by atoms with E-state index in [1.165, 1.54) is 31.3 Å². The van der Waals surface area contributed by atoms with Gasteiger partial charge in [0, 0.05) is 62.2 Å². The van der Waals surface area contributed by atoms with Crippen LogP contribution in [0.5, 0.6) is 6.01 Å². The minimum atomic E-state index is -4.62. The Hall–Kier alpha value is -4.49. The summed E-state index contributed by atoms with van der Waals surface area (Å²) in [6.45, 7) is 11.8. The number of hydrogen-bond acceptors (Lipinski definition) is 9. The van der Waals surface area contributed by atoms with Crippen LogP contribution in [0.3, 0.4) is 0 Å². The van der Waals surface area contributed by atoms with Crippen LogP contribution >= 0.6 is 0 Å². The monoisotopic (exact) mass is 685 g/mol. The van der Waals surface area contributed by atoms with Crippen molar-refractivity contribution in [2.45, 2.75) is 57.2 Å². The van der Waals surface area contributed by atoms with Gasteiger partial charge in [0.1, 0.15) is 24.1 Å². The lowest BCUT2D eigenvalue weighted by molar-refractivity contribution is -0.137. The first kappa shape index (κ1) is 34.4. The van der Waals surface area contributed by atoms with Crippen LogP contribution in [0.1, 0.15) is 35.7 Å². The molecule has 6 rings (SSSR count). The van der Waals surface area contributed by atoms with Crippen LogP contribution < -0.4 is 14.5 Å². The van der Waals surface area contributed by atoms with Gasteiger partial charge in [0.15, 0.2) is 0 Å². The van der Waals surface area contributed by atoms with Crippen LogP contribution in [0.25, 0.3) is 15.7 Å². The molecule has 1 unspecified atom stereocenters. The lowest BCUT2D eigenvalue weighted by Crippen LogP contribution is -2.56. The molecule has 0 aliphatic carbocycles. The molecule has 2 N–H and O–H groups in total. The number of aromatic amines is 1. The predicted molar refractivity (Wildman–Crippen MR) is 174 cm³/mol. The van der Waals surface area contributed by atoms with Crippen molar-refractivity contribution in [1.29, 1.82) is 0 Å². The molecule has 1 amide bonds. The van der Waals surface area contributed by atoms with Gasteiger partial charge in [-0.2, -0.15) is 28.2 Å². The van der Waals surface area contributed by atoms with E-state index in [1.54, 1.807) is 16.7 Å². The summed E-state index contributed by atoms with van der Waals surface area (Å²) in [6.07, 6.45) is 0.0210. The number of alkyl halides is 4. The second-order valence-corrected chi connectivity index (χ2v) is 13.2. The summed E-state index contributed by atoms with van der Waals surface area (Å²) in [4.78, 5) is 33.0. The highest BCUT2D eigenvalue weighted by Crippen LogP contribution is 2.44. The quantitative estimate of drug-likeness (QED) is 0.209. The van der Waals surface area contributed by atoms with Crippen LogP contribution in [-0.2, 0) is 23.9 Å². The van der Waals surface area contributed by atoms with E-state index in [9.17, 15) is 22.4 Å². The summed E-state index contributed by atoms with van der Waals surface area (Å²) in [5.74, 6) is 0.230. The van der Waals surface area contributed by atoms with Crippen molar-refractivity contribution in [1.82, 2.24) is 30.0 Å². The first-order valence-electron chi connectivity index (χ1n) is 16.2. The van der Waals surface area contributed by atoms with Crippen molar-refractivity contribution < 1.29 is 32.2 Å². The number of aliphatic hydroxyl groups excluding tert-OH is 1. The standard InChI is InChI=1S/C33H39F4N9O3/c1-20-12-25-24(15-39-42-25)29(28(20)33(35,36)37)44-8-7-23-26(17-44)40-31(49-18-21-13-32(2,34)19-43(21)4)41-30(23)45-9-10-46(22(16-45)14-38-3)27(48)6-5-11-47/h5-6,12,15,21-22,47H,7-11,13-14,16-19H2,1-2,4H3,(H,39,42)/b6-5+/t21-,22-,32?/m0/s1. The maximum atomic E-state index is 14.8. The van der Waals surface area contributed by atoms with Gasteiger partial charge in [-0.15, -0.1) is 0 Å². The molecule has 16 heteroatoms. The Morgan fingerprint density at radius 3 is 2.73 bits per heavy atom. The van der Waals surface area contributed by atoms with E-state index in [0.717, 1.165) is 5.56 Å². The minimum absolute atomic E-state index is 0.0244. The molecule has 1 aromatic carbocycles. The maximum Gasteiger partial charge on any atom is 0.418 e. The molecule has 2 saturated heterocycles. The van der Waals surface area contributed by atoms with Gasteiger partial charge in [-0.1, -0.05) is 6.08 Å². The number of halogens is 4. The molecule has 3 aliphatic heterocycles. The first-order valence-corrected chi connectivity index (χ1v) is 16.2. The largest absolute Gasteiger partial charge is 0.462 e. The van der Waals surface area contributed by atoms with Gasteiger partial charge in [-0.25, -0.2) is 11.0 Å². The predicted octanol–water partition coefficient (Wildman–Crippen LogP) is 3.54. The van der Waals surface area contributed by atoms with Crippen molar-refractivity contribution in [2.24, 2.45) is 0 Å². The number of aromatic nitrogens is 4. The fraction of sp³-hybridized carbons (Fsp3) is 0.545. The Morgan fingerprint density at radius 1 is 1.24 bits per heavy atom. The third-order valence-corrected chi connectivity index (χ3v) is 9.54. The zero-order valence-electron chi connectivity index (χ0n) is 27.6. The number of H-pyrrole nitrogens is 1. The normalized spacial score (nSPS) is 23.4. The van der Waals surface area contributed by atoms with Crippen molar-refractivity contribution in [3.63, 3.8) is 0 Å². The molecule has 49 heavy (non-hydrogen) atoms. The number of rotatable bonds is 8. The van der Waals surface area contributed by atoms with Crippen LogP contribution in [0.2, 0.25) is 0 Å². The number of nitrogens with zero attached hydrogens (tertiary/aromatic N) is 8. The summed E-state index contributed by atoms with van der Waals surface area (Å²) in [5.41, 5.74) is -0.249. The molecule has 2 aromatic heterocycles. The lowest BCUT2D eigenvalue weighted by atomic mass is 9.98. The van der Waals surface area contributed by atoms with E-state index in [2.05, 4.69) is 15.0 Å². The van der Waals surface area contributed by atoms with Gasteiger partial charge in [0.25, 0.3) is 0 Å². The number of likely N-dealkylation sites (N-methyl/N-ethyl adjacent to an activating group) is 1. The second kappa shape index (κ2) is 13.4. The Bertz CT molecular complexity index is 1790. The summed E-state index contributed by atoms with van der Waals surface area (Å²) >= 11 is 0. The summed E-state index contributed by atoms with van der Waals surface area (Å²) in [5, 5.41) is 16.3. The number of aryl methyl sites for hydroxylation is 1. The van der Waals surface area contributed by atoms with E-state index in [-0.39, 0.29) is 88.1 Å². The smallest absolute Gasteiger partial charge is 0.418 e. The average molecular weight is 686 g/mol. The van der Waals surface area contributed by atoms with E-state index in [0.29, 0.717) is 35.4 Å². The molecule has 0 saturated carbocycles. The second-order valence-electron chi connectivity index (χ2n) is 13.2. The fourth-order valence-corrected chi connectivity index (χ4v) is 7.36. The molecule has 262 valence electrons. The highest BCUT2D eigenvalue weighted by atomic mass is 19.4. The Morgan fingerprint density at radius 2 is 2.04 bits per heavy atom. The molecule has 3 aromatic rings. The number of carbonyl (C=O) groups excluding carboxylic acids is 1. The summed E-state index contributed by atoms with van der Waals surface area (Å²) < 4.78 is 64.5. The fourth-order valence-electron chi connectivity index (χ4n) is 7.36. The molecule has 2 fully saturated rings. The van der Waals surface area contributed by atoms with Gasteiger partial charge in [0.05, 0.1) is 41.8 Å². The summed E-state index contributed by atoms with van der Waals surface area (Å²) in [7, 11) is 1.82. The first-order chi connectivity index (χ1) is 23.3. The molecular weight excluding hydrogens is 646 g/mol. The van der Waals surface area contributed by atoms with Crippen LogP contribution in [0.15, 0.2) is 24.4 Å². The third-order valence-electron chi connectivity index (χ3n) is 9.54. The van der Waals surface area contributed by atoms with Crippen molar-refractivity contribution in [3.8, 4) is 6.01 Å². The molecule has 5 heterocycles. The van der Waals surface area contributed by atoms with Gasteiger partial charge in [0.2, 0.25) is 12.5 Å². The minimum Gasteiger partial charge on any atom is -0.462 e. The molecule has 0 bridgehead atoms. The third kappa shape index (κ3) is 7.00. The Balaban J connectivity index is 1.37. The van der Waals surface area contributed by atoms with Gasteiger partial charge in [-0.3, -0.25) is 14.8 Å². The topological polar surface area (TPSA) is 118 Å². The van der Waals surface area contributed by atoms with E-state index in [1.807, 2.05) is 16.8 Å². The highest BCUT2D eigenvalue weighted by molar-refractivity contribution is 5.95. The number of fused-ring (bicyclic) bond motifs is 2. The van der Waals surface area contributed by atoms with E-state index < -0.39 is 23.5 Å². The van der Waals surface area contributed by atoms with Crippen LogP contribution in [0, 0.1) is 13.5 Å². The number of ether oxygens (including phenoxy) is 1. The number of nitrogens with one attached hydrogen (secondary N) is 1. The van der Waals surface area contributed by atoms with Crippen LogP contribution in [-0.4, -0.2) is 118 Å². The molecule has 3 atom stereocenters. The number of hydrogen-bond donors (Lipinski definition) is 2. The number of likely N-dealkylation sites (tertiary alicyclic amines) is 1. The zero-order valence-corrected chi connectivity index (χ0v) is 27.6. The SMILES string of the molecule is [C-]#[N+]C[C@H]1CN(c2nc(OC[C@@H]3CC(C)(F)CN3C)nc3c2CCN(c2c(C(F)(F)F)c(C)cc4[nH]ncc24)C3)CCN1C(=O)/C=C/CO. The van der Waals surface area contributed by atoms with Gasteiger partial charge >= 0.3 is 12.2 Å². The number of benzene rings is 1. The van der Waals surface area contributed by atoms with Gasteiger partial charge in [-0.05, 0) is 38.9 Å². The van der Waals surface area contributed by atoms with Crippen LogP contribution in [0.4, 0.5) is 29.1 Å². The lowest BCUT2D eigenvalue weighted by Gasteiger charge is -2.41. The molecule has 0 radical (unpaired) electrons. The maximum absolute atomic E-state index is 14.8. The number of anilines is 2. The van der Waals surface area contributed by atoms with Crippen molar-refractivity contribution in [3.05, 3.63) is 58.2 Å². The molecular formula is C33H39F4N9O3. The summed E-state index contributed by atoms with van der Waals surface area (Å²) in [6, 6.07) is 0.777. The van der Waals surface area contributed by atoms with E-state index >= 15 is 0 Å². The molecule has 0 spiro atoms. The number of amides is 1. The number of aliphatic hydroxyl groups is 1. The van der Waals surface area contributed by atoms with Crippen molar-refractivity contribution >= 4 is 28.3 Å². The average Bonchev–Trinajstić information content (AvgIpc) is 3.62. The molecule has 12 nitrogen and oxygen atoms in total. The number of carbonyl (C=O) groups is 1. The Kier molecular flexibility index (Phi) is 9.42. The zero-order chi connectivity index (χ0) is 35.1. The molecule has 3 aliphatic rings. The van der Waals surface area contributed by atoms with Crippen molar-refractivity contribution in [2.75, 3.05) is 69.3 Å². The van der Waals surface area contributed by atoms with Gasteiger partial charge < -0.3 is 29.4 Å².